The molecule has 3 heteroatoms. The van der Waals surface area contributed by atoms with Crippen molar-refractivity contribution in [1.29, 1.82) is 0 Å². The topological polar surface area (TPSA) is 41.1 Å². The van der Waals surface area contributed by atoms with Crippen LogP contribution in [0.25, 0.3) is 0 Å². The van der Waals surface area contributed by atoms with Gasteiger partial charge in [-0.2, -0.15) is 0 Å². The van der Waals surface area contributed by atoms with Gasteiger partial charge in [-0.25, -0.2) is 0 Å². The van der Waals surface area contributed by atoms with Gasteiger partial charge in [0.2, 0.25) is 5.91 Å². The molecule has 0 saturated heterocycles. The highest BCUT2D eigenvalue weighted by molar-refractivity contribution is 5.79. The number of rotatable bonds is 4. The van der Waals surface area contributed by atoms with Gasteiger partial charge < -0.3 is 10.6 Å². The summed E-state index contributed by atoms with van der Waals surface area (Å²) in [6, 6.07) is 0. The van der Waals surface area contributed by atoms with Crippen molar-refractivity contribution < 1.29 is 4.79 Å². The summed E-state index contributed by atoms with van der Waals surface area (Å²) in [4.78, 5) is 11.6. The average molecular weight is 184 g/mol. The second-order valence-electron chi connectivity index (χ2n) is 4.36. The quantitative estimate of drug-likeness (QED) is 0.681. The first kappa shape index (κ1) is 10.5. The second kappa shape index (κ2) is 4.09. The highest BCUT2D eigenvalue weighted by Crippen LogP contribution is 2.31. The highest BCUT2D eigenvalue weighted by Gasteiger charge is 2.33. The maximum Gasteiger partial charge on any atom is 0.224 e. The van der Waals surface area contributed by atoms with E-state index in [1.54, 1.807) is 0 Å². The molecule has 0 bridgehead atoms. The lowest BCUT2D eigenvalue weighted by atomic mass is 9.78. The molecule has 1 aliphatic rings. The molecule has 2 N–H and O–H groups in total. The molecule has 76 valence electrons. The van der Waals surface area contributed by atoms with Crippen molar-refractivity contribution in [2.75, 3.05) is 13.6 Å². The van der Waals surface area contributed by atoms with Crippen LogP contribution in [0.5, 0.6) is 0 Å². The van der Waals surface area contributed by atoms with Crippen molar-refractivity contribution in [3.05, 3.63) is 0 Å². The molecule has 0 aromatic heterocycles. The molecule has 0 heterocycles. The van der Waals surface area contributed by atoms with E-state index in [0.717, 1.165) is 19.4 Å². The number of amides is 1. The van der Waals surface area contributed by atoms with E-state index in [1.165, 1.54) is 6.42 Å². The largest absolute Gasteiger partial charge is 0.351 e. The third kappa shape index (κ3) is 2.69. The normalized spacial score (nSPS) is 21.8. The minimum Gasteiger partial charge on any atom is -0.351 e. The van der Waals surface area contributed by atoms with Crippen LogP contribution >= 0.6 is 0 Å². The number of carbonyl (C=O) groups excluding carboxylic acids is 1. The third-order valence-corrected chi connectivity index (χ3v) is 2.84. The molecule has 1 fully saturated rings. The van der Waals surface area contributed by atoms with E-state index in [0.29, 0.717) is 0 Å². The third-order valence-electron chi connectivity index (χ3n) is 2.84. The minimum atomic E-state index is 0.0717. The predicted octanol–water partition coefficient (Wildman–Crippen LogP) is 0.901. The smallest absolute Gasteiger partial charge is 0.224 e. The van der Waals surface area contributed by atoms with Gasteiger partial charge in [0.15, 0.2) is 0 Å². The zero-order chi connectivity index (χ0) is 9.90. The van der Waals surface area contributed by atoms with E-state index in [1.807, 2.05) is 14.0 Å². The molecule has 0 aromatic carbocycles. The van der Waals surface area contributed by atoms with Gasteiger partial charge in [0.25, 0.3) is 0 Å². The van der Waals surface area contributed by atoms with Gasteiger partial charge in [-0.3, -0.25) is 4.79 Å². The van der Waals surface area contributed by atoms with Crippen LogP contribution < -0.4 is 10.6 Å². The second-order valence-corrected chi connectivity index (χ2v) is 4.36. The Kier molecular flexibility index (Phi) is 3.31. The van der Waals surface area contributed by atoms with Crippen LogP contribution in [0.15, 0.2) is 0 Å². The van der Waals surface area contributed by atoms with E-state index >= 15 is 0 Å². The van der Waals surface area contributed by atoms with Crippen LogP contribution in [0, 0.1) is 5.92 Å². The molecule has 0 aliphatic heterocycles. The Bertz CT molecular complexity index is 187. The summed E-state index contributed by atoms with van der Waals surface area (Å²) in [5, 5.41) is 6.11. The Morgan fingerprint density at radius 3 is 2.54 bits per heavy atom. The predicted molar refractivity (Wildman–Crippen MR) is 53.5 cm³/mol. The summed E-state index contributed by atoms with van der Waals surface area (Å²) in [6.07, 6.45) is 3.51. The molecular formula is C10H20N2O. The molecule has 1 saturated carbocycles. The maximum absolute atomic E-state index is 11.6. The molecule has 3 nitrogen and oxygen atoms in total. The summed E-state index contributed by atoms with van der Waals surface area (Å²) in [5.41, 5.74) is 0.0963. The van der Waals surface area contributed by atoms with Crippen LogP contribution in [0.2, 0.25) is 0 Å². The van der Waals surface area contributed by atoms with Gasteiger partial charge >= 0.3 is 0 Å². The van der Waals surface area contributed by atoms with Gasteiger partial charge in [0.1, 0.15) is 0 Å². The van der Waals surface area contributed by atoms with Crippen molar-refractivity contribution in [2.24, 2.45) is 5.92 Å². The molecule has 1 atom stereocenters. The Morgan fingerprint density at radius 2 is 2.15 bits per heavy atom. The van der Waals surface area contributed by atoms with E-state index in [2.05, 4.69) is 17.6 Å². The Labute approximate surface area is 80.3 Å². The Morgan fingerprint density at radius 1 is 1.54 bits per heavy atom. The fraction of sp³-hybridized carbons (Fsp3) is 0.900. The van der Waals surface area contributed by atoms with Crippen molar-refractivity contribution >= 4 is 5.91 Å². The lowest BCUT2D eigenvalue weighted by molar-refractivity contribution is -0.127. The van der Waals surface area contributed by atoms with Crippen LogP contribution in [0.1, 0.15) is 33.1 Å². The molecule has 1 rings (SSSR count). The SMILES string of the molecule is CNCC(C)C(=O)NC1(C)CCC1. The van der Waals surface area contributed by atoms with Crippen molar-refractivity contribution in [2.45, 2.75) is 38.6 Å². The van der Waals surface area contributed by atoms with E-state index in [4.69, 9.17) is 0 Å². The summed E-state index contributed by atoms with van der Waals surface area (Å²) >= 11 is 0. The first-order valence-corrected chi connectivity index (χ1v) is 5.04. The molecule has 1 aliphatic carbocycles. The molecule has 1 unspecified atom stereocenters. The number of hydrogen-bond acceptors (Lipinski definition) is 2. The van der Waals surface area contributed by atoms with Crippen molar-refractivity contribution in [1.82, 2.24) is 10.6 Å². The molecule has 0 spiro atoms. The molecule has 0 aromatic rings. The number of nitrogens with one attached hydrogen (secondary N) is 2. The summed E-state index contributed by atoms with van der Waals surface area (Å²) in [7, 11) is 1.87. The zero-order valence-electron chi connectivity index (χ0n) is 8.81. The monoisotopic (exact) mass is 184 g/mol. The summed E-state index contributed by atoms with van der Waals surface area (Å²) in [5.74, 6) is 0.249. The van der Waals surface area contributed by atoms with Crippen LogP contribution in [0.4, 0.5) is 0 Å². The fourth-order valence-corrected chi connectivity index (χ4v) is 1.65. The number of carbonyl (C=O) groups is 1. The van der Waals surface area contributed by atoms with E-state index < -0.39 is 0 Å². The molecule has 13 heavy (non-hydrogen) atoms. The fourth-order valence-electron chi connectivity index (χ4n) is 1.65. The van der Waals surface area contributed by atoms with Gasteiger partial charge in [0, 0.05) is 18.0 Å². The average Bonchev–Trinajstić information content (AvgIpc) is 2.02. The Hall–Kier alpha value is -0.570. The maximum atomic E-state index is 11.6. The van der Waals surface area contributed by atoms with Gasteiger partial charge in [-0.1, -0.05) is 6.92 Å². The van der Waals surface area contributed by atoms with Gasteiger partial charge in [0.05, 0.1) is 0 Å². The van der Waals surface area contributed by atoms with Crippen LogP contribution in [-0.4, -0.2) is 25.0 Å². The van der Waals surface area contributed by atoms with Crippen molar-refractivity contribution in [3.8, 4) is 0 Å². The number of hydrogen-bond donors (Lipinski definition) is 2. The zero-order valence-corrected chi connectivity index (χ0v) is 8.81. The molecule has 1 amide bonds. The highest BCUT2D eigenvalue weighted by atomic mass is 16.2. The van der Waals surface area contributed by atoms with Gasteiger partial charge in [-0.05, 0) is 33.2 Å². The van der Waals surface area contributed by atoms with E-state index in [9.17, 15) is 4.79 Å². The molecule has 0 radical (unpaired) electrons. The van der Waals surface area contributed by atoms with Crippen LogP contribution in [0.3, 0.4) is 0 Å². The van der Waals surface area contributed by atoms with Crippen LogP contribution in [-0.2, 0) is 4.79 Å². The molecular weight excluding hydrogens is 164 g/mol. The van der Waals surface area contributed by atoms with Gasteiger partial charge in [-0.15, -0.1) is 0 Å². The standard InChI is InChI=1S/C10H20N2O/c1-8(7-11-3)9(13)12-10(2)5-4-6-10/h8,11H,4-7H2,1-3H3,(H,12,13). The van der Waals surface area contributed by atoms with Crippen molar-refractivity contribution in [3.63, 3.8) is 0 Å². The Balaban J connectivity index is 2.31. The van der Waals surface area contributed by atoms with E-state index in [-0.39, 0.29) is 17.4 Å². The summed E-state index contributed by atoms with van der Waals surface area (Å²) < 4.78 is 0. The lowest BCUT2D eigenvalue weighted by Crippen LogP contribution is -2.53. The first-order chi connectivity index (χ1) is 6.07. The minimum absolute atomic E-state index is 0.0717. The first-order valence-electron chi connectivity index (χ1n) is 5.04. The summed E-state index contributed by atoms with van der Waals surface area (Å²) in [6.45, 7) is 4.83. The lowest BCUT2D eigenvalue weighted by Gasteiger charge is -2.39.